The zero-order valence-electron chi connectivity index (χ0n) is 7.05. The molecule has 0 aromatic heterocycles. The molecule has 1 atom stereocenters. The first kappa shape index (κ1) is 7.02. The van der Waals surface area contributed by atoms with Crippen LogP contribution in [0.1, 0.15) is 34.8 Å². The highest BCUT2D eigenvalue weighted by molar-refractivity contribution is 7.99. The normalized spacial score (nSPS) is 25.5. The smallest absolute Gasteiger partial charge is 0.0306 e. The number of rotatable bonds is 0. The molecule has 12 heavy (non-hydrogen) atoms. The Morgan fingerprint density at radius 1 is 1.25 bits per heavy atom. The molecule has 1 heterocycles. The van der Waals surface area contributed by atoms with E-state index in [0.29, 0.717) is 0 Å². The van der Waals surface area contributed by atoms with Crippen molar-refractivity contribution in [1.82, 2.24) is 0 Å². The molecule has 1 heteroatoms. The van der Waals surface area contributed by atoms with Gasteiger partial charge in [-0.3, -0.25) is 0 Å². The Morgan fingerprint density at radius 2 is 2.17 bits per heavy atom. The van der Waals surface area contributed by atoms with Gasteiger partial charge in [0.1, 0.15) is 0 Å². The molecule has 1 aliphatic heterocycles. The summed E-state index contributed by atoms with van der Waals surface area (Å²) in [4.78, 5) is 0. The number of aryl methyl sites for hydroxylation is 1. The van der Waals surface area contributed by atoms with E-state index in [0.717, 1.165) is 5.25 Å². The highest BCUT2D eigenvalue weighted by Crippen LogP contribution is 2.48. The molecule has 0 bridgehead atoms. The maximum Gasteiger partial charge on any atom is 0.0306 e. The Morgan fingerprint density at radius 3 is 3.17 bits per heavy atom. The van der Waals surface area contributed by atoms with E-state index in [9.17, 15) is 0 Å². The molecule has 1 aliphatic carbocycles. The Balaban J connectivity index is 2.23. The number of benzene rings is 1. The fourth-order valence-corrected chi connectivity index (χ4v) is 3.84. The van der Waals surface area contributed by atoms with Gasteiger partial charge in [0.2, 0.25) is 0 Å². The van der Waals surface area contributed by atoms with Gasteiger partial charge in [-0.15, -0.1) is 11.8 Å². The van der Waals surface area contributed by atoms with E-state index < -0.39 is 0 Å². The summed E-state index contributed by atoms with van der Waals surface area (Å²) in [6, 6.07) is 6.84. The Labute approximate surface area is 77.4 Å². The van der Waals surface area contributed by atoms with Gasteiger partial charge in [-0.1, -0.05) is 18.2 Å². The zero-order valence-corrected chi connectivity index (χ0v) is 7.86. The minimum absolute atomic E-state index is 0.852. The molecule has 1 unspecified atom stereocenters. The molecule has 0 radical (unpaired) electrons. The van der Waals surface area contributed by atoms with Crippen molar-refractivity contribution >= 4 is 11.8 Å². The topological polar surface area (TPSA) is 0 Å². The molecule has 0 saturated heterocycles. The van der Waals surface area contributed by atoms with Crippen molar-refractivity contribution in [2.45, 2.75) is 30.3 Å². The Bertz CT molecular complexity index is 317. The lowest BCUT2D eigenvalue weighted by Crippen LogP contribution is -2.04. The van der Waals surface area contributed by atoms with E-state index in [1.807, 2.05) is 0 Å². The van der Waals surface area contributed by atoms with E-state index >= 15 is 0 Å². The Hall–Kier alpha value is -0.430. The van der Waals surface area contributed by atoms with Crippen LogP contribution in [0, 0.1) is 0 Å². The molecule has 0 nitrogen and oxygen atoms in total. The second-order valence-electron chi connectivity index (χ2n) is 3.68. The average Bonchev–Trinajstić information content (AvgIpc) is 2.52. The lowest BCUT2D eigenvalue weighted by Gasteiger charge is -2.20. The predicted molar refractivity (Wildman–Crippen MR) is 53.4 cm³/mol. The fraction of sp³-hybridized carbons (Fsp3) is 0.455. The molecular weight excluding hydrogens is 164 g/mol. The van der Waals surface area contributed by atoms with Gasteiger partial charge >= 0.3 is 0 Å². The number of thioether (sulfide) groups is 1. The van der Waals surface area contributed by atoms with Crippen molar-refractivity contribution in [1.29, 1.82) is 0 Å². The second-order valence-corrected chi connectivity index (χ2v) is 4.87. The quantitative estimate of drug-likeness (QED) is 0.584. The van der Waals surface area contributed by atoms with Gasteiger partial charge in [0.25, 0.3) is 0 Å². The summed E-state index contributed by atoms with van der Waals surface area (Å²) in [7, 11) is 0. The van der Waals surface area contributed by atoms with Crippen LogP contribution in [-0.2, 0) is 12.2 Å². The molecular formula is C11H12S. The maximum absolute atomic E-state index is 2.32. The number of hydrogen-bond donors (Lipinski definition) is 0. The van der Waals surface area contributed by atoms with Crippen molar-refractivity contribution in [2.24, 2.45) is 0 Å². The second kappa shape index (κ2) is 2.53. The number of hydrogen-bond acceptors (Lipinski definition) is 1. The summed E-state index contributed by atoms with van der Waals surface area (Å²) in [5.41, 5.74) is 4.95. The summed E-state index contributed by atoms with van der Waals surface area (Å²) in [5, 5.41) is 0.852. The van der Waals surface area contributed by atoms with E-state index in [4.69, 9.17) is 0 Å². The minimum Gasteiger partial charge on any atom is -0.149 e. The van der Waals surface area contributed by atoms with Crippen molar-refractivity contribution in [3.63, 3.8) is 0 Å². The largest absolute Gasteiger partial charge is 0.149 e. The molecule has 0 fully saturated rings. The summed E-state index contributed by atoms with van der Waals surface area (Å²) < 4.78 is 0. The van der Waals surface area contributed by atoms with Crippen LogP contribution in [0.2, 0.25) is 0 Å². The van der Waals surface area contributed by atoms with Gasteiger partial charge in [0.15, 0.2) is 0 Å². The van der Waals surface area contributed by atoms with Crippen LogP contribution in [0.3, 0.4) is 0 Å². The van der Waals surface area contributed by atoms with Gasteiger partial charge < -0.3 is 0 Å². The van der Waals surface area contributed by atoms with Crippen LogP contribution in [0.25, 0.3) is 0 Å². The van der Waals surface area contributed by atoms with Gasteiger partial charge in [0.05, 0.1) is 0 Å². The van der Waals surface area contributed by atoms with Crippen LogP contribution >= 0.6 is 11.8 Å². The first-order chi connectivity index (χ1) is 5.95. The highest BCUT2D eigenvalue weighted by Gasteiger charge is 2.27. The predicted octanol–water partition coefficient (Wildman–Crippen LogP) is 3.31. The van der Waals surface area contributed by atoms with Crippen molar-refractivity contribution in [2.75, 3.05) is 0 Å². The molecule has 0 N–H and O–H groups in total. The van der Waals surface area contributed by atoms with E-state index in [-0.39, 0.29) is 0 Å². The minimum atomic E-state index is 0.852. The van der Waals surface area contributed by atoms with Gasteiger partial charge in [-0.25, -0.2) is 0 Å². The van der Waals surface area contributed by atoms with Gasteiger partial charge in [-0.2, -0.15) is 0 Å². The molecule has 2 aliphatic rings. The Kier molecular flexibility index (Phi) is 1.48. The van der Waals surface area contributed by atoms with Crippen LogP contribution in [0.4, 0.5) is 0 Å². The van der Waals surface area contributed by atoms with Gasteiger partial charge in [-0.05, 0) is 36.0 Å². The summed E-state index contributed by atoms with van der Waals surface area (Å²) in [6.45, 7) is 0. The van der Waals surface area contributed by atoms with Gasteiger partial charge in [0, 0.05) is 11.0 Å². The molecule has 0 saturated carbocycles. The lowest BCUT2D eigenvalue weighted by molar-refractivity contribution is 0.677. The van der Waals surface area contributed by atoms with Crippen molar-refractivity contribution in [3.05, 3.63) is 34.9 Å². The maximum atomic E-state index is 2.32. The average molecular weight is 176 g/mol. The summed E-state index contributed by atoms with van der Waals surface area (Å²) in [6.07, 6.45) is 4.13. The molecule has 0 spiro atoms. The lowest BCUT2D eigenvalue weighted by atomic mass is 9.89. The molecule has 1 aromatic carbocycles. The van der Waals surface area contributed by atoms with E-state index in [1.54, 1.807) is 16.7 Å². The highest BCUT2D eigenvalue weighted by atomic mass is 32.2. The SMILES string of the molecule is c1cc2c3c(c1)CSC3CCC2. The first-order valence-corrected chi connectivity index (χ1v) is 5.72. The molecule has 1 aromatic rings. The van der Waals surface area contributed by atoms with Crippen molar-refractivity contribution in [3.8, 4) is 0 Å². The molecule has 3 rings (SSSR count). The van der Waals surface area contributed by atoms with E-state index in [1.165, 1.54) is 25.0 Å². The van der Waals surface area contributed by atoms with Crippen LogP contribution in [0.15, 0.2) is 18.2 Å². The first-order valence-electron chi connectivity index (χ1n) is 4.67. The third-order valence-electron chi connectivity index (χ3n) is 2.96. The van der Waals surface area contributed by atoms with E-state index in [2.05, 4.69) is 30.0 Å². The summed E-state index contributed by atoms with van der Waals surface area (Å²) >= 11 is 2.14. The van der Waals surface area contributed by atoms with Crippen molar-refractivity contribution < 1.29 is 0 Å². The third kappa shape index (κ3) is 0.861. The standard InChI is InChI=1S/C11H12S/c1-3-8-4-2-6-10-11(8)9(5-1)7-12-10/h1,3,5,10H,2,4,6-7H2. The fourth-order valence-electron chi connectivity index (χ4n) is 2.40. The monoisotopic (exact) mass is 176 g/mol. The van der Waals surface area contributed by atoms with Crippen LogP contribution in [-0.4, -0.2) is 0 Å². The summed E-state index contributed by atoms with van der Waals surface area (Å²) in [5.74, 6) is 1.26. The zero-order chi connectivity index (χ0) is 7.97. The van der Waals surface area contributed by atoms with Crippen LogP contribution < -0.4 is 0 Å². The molecule has 0 amide bonds. The van der Waals surface area contributed by atoms with Crippen LogP contribution in [0.5, 0.6) is 0 Å². The third-order valence-corrected chi connectivity index (χ3v) is 4.31. The molecule has 62 valence electrons.